The number of fused-ring (bicyclic) bond motifs is 1. The molecule has 0 radical (unpaired) electrons. The second-order valence-corrected chi connectivity index (χ2v) is 7.20. The summed E-state index contributed by atoms with van der Waals surface area (Å²) in [6, 6.07) is 6.55. The Morgan fingerprint density at radius 3 is 2.68 bits per heavy atom. The lowest BCUT2D eigenvalue weighted by molar-refractivity contribution is 0.291. The third-order valence-electron chi connectivity index (χ3n) is 4.70. The summed E-state index contributed by atoms with van der Waals surface area (Å²) in [7, 11) is 0. The zero-order valence-corrected chi connectivity index (χ0v) is 12.7. The van der Waals surface area contributed by atoms with Crippen molar-refractivity contribution in [3.05, 3.63) is 29.3 Å². The molecule has 1 aromatic rings. The van der Waals surface area contributed by atoms with Gasteiger partial charge in [0.2, 0.25) is 0 Å². The van der Waals surface area contributed by atoms with Gasteiger partial charge in [0.1, 0.15) is 5.75 Å². The van der Waals surface area contributed by atoms with Crippen LogP contribution in [0.3, 0.4) is 0 Å². The van der Waals surface area contributed by atoms with Crippen molar-refractivity contribution in [3.8, 4) is 5.75 Å². The molecule has 2 aliphatic rings. The third kappa shape index (κ3) is 2.50. The fraction of sp³-hybridized carbons (Fsp3) is 0.647. The maximum absolute atomic E-state index is 6.74. The predicted molar refractivity (Wildman–Crippen MR) is 80.1 cm³/mol. The van der Waals surface area contributed by atoms with Crippen molar-refractivity contribution in [1.82, 2.24) is 0 Å². The molecule has 19 heavy (non-hydrogen) atoms. The first-order valence-electron chi connectivity index (χ1n) is 7.49. The Morgan fingerprint density at radius 1 is 1.21 bits per heavy atom. The SMILES string of the molecule is CC1(C)COc2ccc(C(Cl)C3CCCCC3)cc21. The fourth-order valence-electron chi connectivity index (χ4n) is 3.41. The molecule has 104 valence electrons. The average Bonchev–Trinajstić information content (AvgIpc) is 2.74. The number of hydrogen-bond acceptors (Lipinski definition) is 1. The van der Waals surface area contributed by atoms with E-state index in [1.54, 1.807) is 0 Å². The second kappa shape index (κ2) is 5.01. The molecule has 0 saturated heterocycles. The van der Waals surface area contributed by atoms with Gasteiger partial charge in [-0.3, -0.25) is 0 Å². The van der Waals surface area contributed by atoms with Crippen LogP contribution in [0.5, 0.6) is 5.75 Å². The van der Waals surface area contributed by atoms with Crippen molar-refractivity contribution in [3.63, 3.8) is 0 Å². The number of halogens is 1. The van der Waals surface area contributed by atoms with Crippen molar-refractivity contribution in [2.45, 2.75) is 56.7 Å². The van der Waals surface area contributed by atoms with Crippen LogP contribution in [0, 0.1) is 5.92 Å². The van der Waals surface area contributed by atoms with Gasteiger partial charge in [0.05, 0.1) is 12.0 Å². The highest BCUT2D eigenvalue weighted by molar-refractivity contribution is 6.21. The normalized spacial score (nSPS) is 23.7. The largest absolute Gasteiger partial charge is 0.492 e. The van der Waals surface area contributed by atoms with Crippen LogP contribution in [-0.2, 0) is 5.41 Å². The van der Waals surface area contributed by atoms with Crippen LogP contribution in [0.25, 0.3) is 0 Å². The molecule has 0 amide bonds. The standard InChI is InChI=1S/C17H23ClO/c1-17(2)11-19-15-9-8-13(10-14(15)17)16(18)12-6-4-3-5-7-12/h8-10,12,16H,3-7,11H2,1-2H3. The number of alkyl halides is 1. The summed E-state index contributed by atoms with van der Waals surface area (Å²) in [5, 5.41) is 0.169. The fourth-order valence-corrected chi connectivity index (χ4v) is 3.80. The van der Waals surface area contributed by atoms with E-state index >= 15 is 0 Å². The van der Waals surface area contributed by atoms with Crippen LogP contribution in [0.1, 0.15) is 62.5 Å². The number of hydrogen-bond donors (Lipinski definition) is 0. The van der Waals surface area contributed by atoms with Crippen LogP contribution < -0.4 is 4.74 Å². The van der Waals surface area contributed by atoms with E-state index in [4.69, 9.17) is 16.3 Å². The average molecular weight is 279 g/mol. The molecule has 2 heteroatoms. The molecule has 1 aromatic carbocycles. The van der Waals surface area contributed by atoms with Crippen molar-refractivity contribution in [2.24, 2.45) is 5.92 Å². The Balaban J connectivity index is 1.85. The van der Waals surface area contributed by atoms with Crippen molar-refractivity contribution < 1.29 is 4.74 Å². The maximum atomic E-state index is 6.74. The first-order chi connectivity index (χ1) is 9.08. The molecular weight excluding hydrogens is 256 g/mol. The number of benzene rings is 1. The van der Waals surface area contributed by atoms with E-state index in [0.717, 1.165) is 12.4 Å². The summed E-state index contributed by atoms with van der Waals surface area (Å²) in [5.41, 5.74) is 2.73. The summed E-state index contributed by atoms with van der Waals surface area (Å²) < 4.78 is 5.75. The van der Waals surface area contributed by atoms with Crippen molar-refractivity contribution in [2.75, 3.05) is 6.61 Å². The molecule has 1 aliphatic carbocycles. The Bertz CT molecular complexity index is 460. The van der Waals surface area contributed by atoms with Gasteiger partial charge >= 0.3 is 0 Å². The van der Waals surface area contributed by atoms with Crippen LogP contribution in [-0.4, -0.2) is 6.61 Å². The summed E-state index contributed by atoms with van der Waals surface area (Å²) in [5.74, 6) is 1.69. The minimum atomic E-state index is 0.120. The van der Waals surface area contributed by atoms with Gasteiger partial charge in [-0.05, 0) is 36.5 Å². The Kier molecular flexibility index (Phi) is 3.51. The third-order valence-corrected chi connectivity index (χ3v) is 5.31. The van der Waals surface area contributed by atoms with Gasteiger partial charge in [-0.25, -0.2) is 0 Å². The van der Waals surface area contributed by atoms with E-state index in [9.17, 15) is 0 Å². The van der Waals surface area contributed by atoms with Gasteiger partial charge in [-0.15, -0.1) is 11.6 Å². The van der Waals surface area contributed by atoms with Gasteiger partial charge in [-0.1, -0.05) is 39.2 Å². The molecule has 3 rings (SSSR count). The lowest BCUT2D eigenvalue weighted by Gasteiger charge is -2.27. The molecule has 0 bridgehead atoms. The van der Waals surface area contributed by atoms with Gasteiger partial charge < -0.3 is 4.74 Å². The van der Waals surface area contributed by atoms with Crippen molar-refractivity contribution in [1.29, 1.82) is 0 Å². The molecule has 1 saturated carbocycles. The zero-order valence-electron chi connectivity index (χ0n) is 11.9. The number of rotatable bonds is 2. The van der Waals surface area contributed by atoms with Crippen molar-refractivity contribution >= 4 is 11.6 Å². The zero-order chi connectivity index (χ0) is 13.5. The van der Waals surface area contributed by atoms with Crippen LogP contribution in [0.15, 0.2) is 18.2 Å². The predicted octanol–water partition coefficient (Wildman–Crippen LogP) is 5.22. The highest BCUT2D eigenvalue weighted by Crippen LogP contribution is 2.43. The molecule has 1 atom stereocenters. The lowest BCUT2D eigenvalue weighted by Crippen LogP contribution is -2.18. The molecule has 1 aliphatic heterocycles. The Morgan fingerprint density at radius 2 is 1.95 bits per heavy atom. The molecule has 0 spiro atoms. The maximum Gasteiger partial charge on any atom is 0.123 e. The Labute approximate surface area is 121 Å². The smallest absolute Gasteiger partial charge is 0.123 e. The second-order valence-electron chi connectivity index (χ2n) is 6.73. The molecule has 0 aromatic heterocycles. The summed E-state index contributed by atoms with van der Waals surface area (Å²) >= 11 is 6.74. The lowest BCUT2D eigenvalue weighted by atomic mass is 9.82. The van der Waals surface area contributed by atoms with Gasteiger partial charge in [0, 0.05) is 11.0 Å². The minimum Gasteiger partial charge on any atom is -0.492 e. The van der Waals surface area contributed by atoms with E-state index in [2.05, 4.69) is 32.0 Å². The molecular formula is C17H23ClO. The Hall–Kier alpha value is -0.690. The van der Waals surface area contributed by atoms with E-state index in [-0.39, 0.29) is 10.8 Å². The monoisotopic (exact) mass is 278 g/mol. The van der Waals surface area contributed by atoms with Gasteiger partial charge in [0.15, 0.2) is 0 Å². The van der Waals surface area contributed by atoms with Gasteiger partial charge in [-0.2, -0.15) is 0 Å². The van der Waals surface area contributed by atoms with Crippen LogP contribution >= 0.6 is 11.6 Å². The summed E-state index contributed by atoms with van der Waals surface area (Å²) in [4.78, 5) is 0. The number of ether oxygens (including phenoxy) is 1. The topological polar surface area (TPSA) is 9.23 Å². The van der Waals surface area contributed by atoms with E-state index in [1.807, 2.05) is 0 Å². The van der Waals surface area contributed by atoms with Crippen LogP contribution in [0.4, 0.5) is 0 Å². The van der Waals surface area contributed by atoms with Crippen LogP contribution in [0.2, 0.25) is 0 Å². The summed E-state index contributed by atoms with van der Waals surface area (Å²) in [6.45, 7) is 5.26. The van der Waals surface area contributed by atoms with E-state index in [0.29, 0.717) is 5.92 Å². The first kappa shape index (κ1) is 13.3. The highest BCUT2D eigenvalue weighted by Gasteiger charge is 2.33. The molecule has 1 nitrogen and oxygen atoms in total. The van der Waals surface area contributed by atoms with E-state index in [1.165, 1.54) is 43.2 Å². The van der Waals surface area contributed by atoms with E-state index < -0.39 is 0 Å². The quantitative estimate of drug-likeness (QED) is 0.674. The molecule has 1 fully saturated rings. The minimum absolute atomic E-state index is 0.120. The molecule has 0 N–H and O–H groups in total. The first-order valence-corrected chi connectivity index (χ1v) is 7.93. The molecule has 1 heterocycles. The molecule has 1 unspecified atom stereocenters. The highest BCUT2D eigenvalue weighted by atomic mass is 35.5. The summed E-state index contributed by atoms with van der Waals surface area (Å²) in [6.07, 6.45) is 6.63. The van der Waals surface area contributed by atoms with Gasteiger partial charge in [0.25, 0.3) is 0 Å².